The fourth-order valence-electron chi connectivity index (χ4n) is 1.27. The molecule has 0 aliphatic heterocycles. The van der Waals surface area contributed by atoms with Gasteiger partial charge in [-0.2, -0.15) is 0 Å². The Morgan fingerprint density at radius 2 is 2.12 bits per heavy atom. The Labute approximate surface area is 100 Å². The van der Waals surface area contributed by atoms with Gasteiger partial charge < -0.3 is 5.73 Å². The average molecular weight is 256 g/mol. The normalized spacial score (nSPS) is 10.4. The van der Waals surface area contributed by atoms with Crippen molar-refractivity contribution >= 4 is 34.4 Å². The second-order valence-corrected chi connectivity index (χ2v) is 4.49. The van der Waals surface area contributed by atoms with Gasteiger partial charge in [0, 0.05) is 5.56 Å². The van der Waals surface area contributed by atoms with Crippen molar-refractivity contribution in [1.82, 2.24) is 0 Å². The van der Waals surface area contributed by atoms with E-state index in [1.165, 1.54) is 29.5 Å². The lowest BCUT2D eigenvalue weighted by atomic mass is 10.1. The Bertz CT molecular complexity index is 553. The molecule has 0 saturated carbocycles. The zero-order valence-corrected chi connectivity index (χ0v) is 9.61. The quantitative estimate of drug-likeness (QED) is 0.661. The van der Waals surface area contributed by atoms with Crippen LogP contribution in [0.2, 0.25) is 5.02 Å². The minimum Gasteiger partial charge on any atom is -0.396 e. The lowest BCUT2D eigenvalue weighted by Gasteiger charge is -2.01. The predicted octanol–water partition coefficient (Wildman–Crippen LogP) is 3.35. The van der Waals surface area contributed by atoms with Crippen molar-refractivity contribution in [1.29, 1.82) is 0 Å². The van der Waals surface area contributed by atoms with Crippen molar-refractivity contribution in [2.24, 2.45) is 0 Å². The number of ketones is 1. The summed E-state index contributed by atoms with van der Waals surface area (Å²) in [6.45, 7) is 0. The Morgan fingerprint density at radius 3 is 2.69 bits per heavy atom. The van der Waals surface area contributed by atoms with Gasteiger partial charge in [-0.05, 0) is 29.6 Å². The molecule has 0 aliphatic rings. The van der Waals surface area contributed by atoms with Gasteiger partial charge in [-0.3, -0.25) is 4.79 Å². The fourth-order valence-corrected chi connectivity index (χ4v) is 2.37. The maximum atomic E-state index is 12.9. The average Bonchev–Trinajstić information content (AvgIpc) is 2.67. The van der Waals surface area contributed by atoms with Crippen LogP contribution in [-0.4, -0.2) is 5.78 Å². The molecule has 0 fully saturated rings. The minimum absolute atomic E-state index is 0.0430. The molecule has 0 bridgehead atoms. The monoisotopic (exact) mass is 255 g/mol. The van der Waals surface area contributed by atoms with Crippen molar-refractivity contribution < 1.29 is 9.18 Å². The van der Waals surface area contributed by atoms with Gasteiger partial charge in [-0.25, -0.2) is 4.39 Å². The third kappa shape index (κ3) is 1.94. The van der Waals surface area contributed by atoms with E-state index >= 15 is 0 Å². The van der Waals surface area contributed by atoms with Crippen LogP contribution in [0.5, 0.6) is 0 Å². The maximum absolute atomic E-state index is 12.9. The van der Waals surface area contributed by atoms with Crippen LogP contribution in [-0.2, 0) is 0 Å². The zero-order valence-electron chi connectivity index (χ0n) is 8.04. The van der Waals surface area contributed by atoms with Crippen LogP contribution in [0.25, 0.3) is 0 Å². The van der Waals surface area contributed by atoms with Crippen LogP contribution in [0.15, 0.2) is 29.6 Å². The van der Waals surface area contributed by atoms with Crippen LogP contribution in [0, 0.1) is 5.82 Å². The number of nitrogen functional groups attached to an aromatic ring is 1. The van der Waals surface area contributed by atoms with Crippen molar-refractivity contribution in [2.75, 3.05) is 5.73 Å². The summed E-state index contributed by atoms with van der Waals surface area (Å²) in [5.41, 5.74) is 5.69. The van der Waals surface area contributed by atoms with E-state index in [1.807, 2.05) is 0 Å². The summed E-state index contributed by atoms with van der Waals surface area (Å²) >= 11 is 7.09. The Kier molecular flexibility index (Phi) is 2.94. The molecule has 2 nitrogen and oxygen atoms in total. The predicted molar refractivity (Wildman–Crippen MR) is 63.6 cm³/mol. The van der Waals surface area contributed by atoms with Gasteiger partial charge in [0.25, 0.3) is 0 Å². The van der Waals surface area contributed by atoms with E-state index in [-0.39, 0.29) is 11.5 Å². The molecule has 0 aliphatic carbocycles. The number of rotatable bonds is 2. The molecule has 0 atom stereocenters. The lowest BCUT2D eigenvalue weighted by molar-refractivity contribution is 0.104. The first kappa shape index (κ1) is 11.1. The summed E-state index contributed by atoms with van der Waals surface area (Å²) in [4.78, 5) is 12.4. The molecule has 0 amide bonds. The first-order valence-electron chi connectivity index (χ1n) is 4.42. The third-order valence-electron chi connectivity index (χ3n) is 2.08. The number of nitrogens with two attached hydrogens (primary N) is 1. The molecule has 2 rings (SSSR count). The zero-order chi connectivity index (χ0) is 11.7. The van der Waals surface area contributed by atoms with Gasteiger partial charge in [0.15, 0.2) is 0 Å². The van der Waals surface area contributed by atoms with Gasteiger partial charge in [-0.15, -0.1) is 11.3 Å². The van der Waals surface area contributed by atoms with Crippen LogP contribution >= 0.6 is 22.9 Å². The Hall–Kier alpha value is -1.39. The van der Waals surface area contributed by atoms with E-state index in [0.29, 0.717) is 15.5 Å². The first-order chi connectivity index (χ1) is 7.59. The minimum atomic E-state index is -0.533. The molecular formula is C11H7ClFNOS. The summed E-state index contributed by atoms with van der Waals surface area (Å²) < 4.78 is 12.9. The first-order valence-corrected chi connectivity index (χ1v) is 5.68. The standard InChI is InChI=1S/C11H7ClFNOS/c12-7-3-4-16-11(7)10(15)6-1-2-8(13)9(14)5-6/h1-5H,14H2. The summed E-state index contributed by atoms with van der Waals surface area (Å²) in [5, 5.41) is 2.13. The molecule has 0 spiro atoms. The molecule has 2 N–H and O–H groups in total. The number of thiophene rings is 1. The fraction of sp³-hybridized carbons (Fsp3) is 0. The Balaban J connectivity index is 2.42. The van der Waals surface area contributed by atoms with Crippen molar-refractivity contribution in [3.05, 3.63) is 50.9 Å². The number of carbonyl (C=O) groups is 1. The highest BCUT2D eigenvalue weighted by Gasteiger charge is 2.15. The number of anilines is 1. The summed E-state index contributed by atoms with van der Waals surface area (Å²) in [7, 11) is 0. The molecule has 82 valence electrons. The molecule has 1 aromatic carbocycles. The van der Waals surface area contributed by atoms with Crippen molar-refractivity contribution in [3.8, 4) is 0 Å². The number of carbonyl (C=O) groups excluding carboxylic acids is 1. The van der Waals surface area contributed by atoms with Crippen LogP contribution in [0.1, 0.15) is 15.2 Å². The molecule has 0 radical (unpaired) electrons. The number of hydrogen-bond acceptors (Lipinski definition) is 3. The van der Waals surface area contributed by atoms with Gasteiger partial charge in [0.05, 0.1) is 15.6 Å². The topological polar surface area (TPSA) is 43.1 Å². The SMILES string of the molecule is Nc1cc(C(=O)c2sccc2Cl)ccc1F. The second kappa shape index (κ2) is 4.23. The van der Waals surface area contributed by atoms with Crippen molar-refractivity contribution in [2.45, 2.75) is 0 Å². The molecule has 16 heavy (non-hydrogen) atoms. The maximum Gasteiger partial charge on any atom is 0.204 e. The van der Waals surface area contributed by atoms with Crippen molar-refractivity contribution in [3.63, 3.8) is 0 Å². The lowest BCUT2D eigenvalue weighted by Crippen LogP contribution is -2.01. The van der Waals surface area contributed by atoms with Gasteiger partial charge in [0.2, 0.25) is 5.78 Å². The number of halogens is 2. The van der Waals surface area contributed by atoms with E-state index < -0.39 is 5.82 Å². The Morgan fingerprint density at radius 1 is 1.38 bits per heavy atom. The molecule has 0 saturated heterocycles. The molecule has 0 unspecified atom stereocenters. The smallest absolute Gasteiger partial charge is 0.204 e. The van der Waals surface area contributed by atoms with Gasteiger partial charge in [0.1, 0.15) is 5.82 Å². The van der Waals surface area contributed by atoms with Crippen LogP contribution < -0.4 is 5.73 Å². The second-order valence-electron chi connectivity index (χ2n) is 3.16. The third-order valence-corrected chi connectivity index (χ3v) is 3.42. The van der Waals surface area contributed by atoms with E-state index in [4.69, 9.17) is 17.3 Å². The summed E-state index contributed by atoms with van der Waals surface area (Å²) in [6.07, 6.45) is 0. The van der Waals surface area contributed by atoms with Crippen LogP contribution in [0.3, 0.4) is 0 Å². The molecule has 5 heteroatoms. The molecule has 2 aromatic rings. The number of hydrogen-bond donors (Lipinski definition) is 1. The summed E-state index contributed by atoms with van der Waals surface area (Å²) in [5.74, 6) is -0.777. The van der Waals surface area contributed by atoms with Crippen LogP contribution in [0.4, 0.5) is 10.1 Å². The molecule has 1 heterocycles. The highest BCUT2D eigenvalue weighted by atomic mass is 35.5. The number of benzene rings is 1. The van der Waals surface area contributed by atoms with Gasteiger partial charge in [-0.1, -0.05) is 11.6 Å². The molecule has 1 aromatic heterocycles. The largest absolute Gasteiger partial charge is 0.396 e. The van der Waals surface area contributed by atoms with E-state index in [9.17, 15) is 9.18 Å². The van der Waals surface area contributed by atoms with E-state index in [2.05, 4.69) is 0 Å². The summed E-state index contributed by atoms with van der Waals surface area (Å²) in [6, 6.07) is 5.52. The van der Waals surface area contributed by atoms with E-state index in [1.54, 1.807) is 11.4 Å². The molecular weight excluding hydrogens is 249 g/mol. The highest BCUT2D eigenvalue weighted by molar-refractivity contribution is 7.13. The van der Waals surface area contributed by atoms with Gasteiger partial charge >= 0.3 is 0 Å². The highest BCUT2D eigenvalue weighted by Crippen LogP contribution is 2.26. The van der Waals surface area contributed by atoms with E-state index in [0.717, 1.165) is 0 Å².